The molecule has 2 aliphatic rings. The average Bonchev–Trinajstić information content (AvgIpc) is 3.20. The minimum absolute atomic E-state index is 0.00378. The van der Waals surface area contributed by atoms with Gasteiger partial charge in [-0.05, 0) is 25.1 Å². The number of amides is 1. The Morgan fingerprint density at radius 3 is 2.76 bits per heavy atom. The second kappa shape index (κ2) is 6.28. The molecule has 0 saturated carbocycles. The maximum atomic E-state index is 12.4. The molecule has 1 amide bonds. The number of hydrogen-bond acceptors (Lipinski definition) is 4. The van der Waals surface area contributed by atoms with E-state index in [1.165, 1.54) is 5.56 Å². The summed E-state index contributed by atoms with van der Waals surface area (Å²) >= 11 is 0. The number of nitrogens with zero attached hydrogens (tertiary/aromatic N) is 4. The molecule has 2 aliphatic heterocycles. The standard InChI is InChI=1S/C19H24N4O2/c1-21(11-15-6-4-3-5-7-15)16-10-19(25-12-16)13-23(14-19)18(24)17-8-9-22(2)20-17/h3-9,16H,10-14H2,1-2H3. The first-order valence-electron chi connectivity index (χ1n) is 8.72. The van der Waals surface area contributed by atoms with Gasteiger partial charge in [0, 0.05) is 25.8 Å². The topological polar surface area (TPSA) is 50.6 Å². The lowest BCUT2D eigenvalue weighted by atomic mass is 9.88. The molecular formula is C19H24N4O2. The third-order valence-electron chi connectivity index (χ3n) is 5.27. The molecule has 2 aromatic rings. The number of hydrogen-bond donors (Lipinski definition) is 0. The molecule has 4 rings (SSSR count). The molecule has 1 atom stereocenters. The Balaban J connectivity index is 1.32. The van der Waals surface area contributed by atoms with Gasteiger partial charge in [-0.2, -0.15) is 5.10 Å². The molecule has 6 nitrogen and oxygen atoms in total. The largest absolute Gasteiger partial charge is 0.370 e. The fourth-order valence-electron chi connectivity index (χ4n) is 3.81. The minimum atomic E-state index is -0.167. The summed E-state index contributed by atoms with van der Waals surface area (Å²) in [4.78, 5) is 16.6. The summed E-state index contributed by atoms with van der Waals surface area (Å²) in [5.41, 5.74) is 1.65. The number of likely N-dealkylation sites (N-methyl/N-ethyl adjacent to an activating group) is 1. The van der Waals surface area contributed by atoms with Crippen molar-refractivity contribution < 1.29 is 9.53 Å². The molecule has 1 unspecified atom stereocenters. The normalized spacial score (nSPS) is 21.7. The first-order chi connectivity index (χ1) is 12.0. The number of carbonyl (C=O) groups is 1. The fraction of sp³-hybridized carbons (Fsp3) is 0.474. The summed E-state index contributed by atoms with van der Waals surface area (Å²) in [7, 11) is 3.97. The van der Waals surface area contributed by atoms with Crippen LogP contribution in [0.5, 0.6) is 0 Å². The third kappa shape index (κ3) is 3.19. The van der Waals surface area contributed by atoms with Crippen molar-refractivity contribution in [2.75, 3.05) is 26.7 Å². The molecule has 0 aliphatic carbocycles. The molecule has 2 fully saturated rings. The molecule has 1 spiro atoms. The second-order valence-electron chi connectivity index (χ2n) is 7.29. The lowest BCUT2D eigenvalue weighted by Crippen LogP contribution is -2.63. The first kappa shape index (κ1) is 16.3. The van der Waals surface area contributed by atoms with E-state index in [1.807, 2.05) is 18.0 Å². The highest BCUT2D eigenvalue weighted by molar-refractivity contribution is 5.93. The van der Waals surface area contributed by atoms with Gasteiger partial charge in [-0.25, -0.2) is 0 Å². The van der Waals surface area contributed by atoms with Crippen LogP contribution in [-0.2, 0) is 18.3 Å². The van der Waals surface area contributed by atoms with Crippen molar-refractivity contribution in [2.45, 2.75) is 24.6 Å². The molecule has 3 heterocycles. The van der Waals surface area contributed by atoms with Crippen molar-refractivity contribution in [3.05, 3.63) is 53.9 Å². The summed E-state index contributed by atoms with van der Waals surface area (Å²) in [5, 5.41) is 4.20. The van der Waals surface area contributed by atoms with Gasteiger partial charge in [-0.15, -0.1) is 0 Å². The number of aromatic nitrogens is 2. The van der Waals surface area contributed by atoms with Crippen molar-refractivity contribution in [2.24, 2.45) is 7.05 Å². The molecule has 0 radical (unpaired) electrons. The van der Waals surface area contributed by atoms with Crippen LogP contribution in [0.3, 0.4) is 0 Å². The maximum absolute atomic E-state index is 12.4. The van der Waals surface area contributed by atoms with Crippen LogP contribution in [0.25, 0.3) is 0 Å². The van der Waals surface area contributed by atoms with Crippen LogP contribution in [-0.4, -0.2) is 63.9 Å². The molecule has 1 aromatic carbocycles. The average molecular weight is 340 g/mol. The smallest absolute Gasteiger partial charge is 0.274 e. The zero-order chi connectivity index (χ0) is 17.4. The van der Waals surface area contributed by atoms with Crippen LogP contribution < -0.4 is 0 Å². The zero-order valence-electron chi connectivity index (χ0n) is 14.8. The van der Waals surface area contributed by atoms with Crippen LogP contribution in [0.2, 0.25) is 0 Å². The molecule has 0 N–H and O–H groups in total. The molecule has 2 saturated heterocycles. The molecule has 1 aromatic heterocycles. The second-order valence-corrected chi connectivity index (χ2v) is 7.29. The van der Waals surface area contributed by atoms with Gasteiger partial charge in [0.2, 0.25) is 0 Å². The van der Waals surface area contributed by atoms with Crippen molar-refractivity contribution in [1.29, 1.82) is 0 Å². The van der Waals surface area contributed by atoms with Gasteiger partial charge in [0.05, 0.1) is 19.7 Å². The zero-order valence-corrected chi connectivity index (χ0v) is 14.8. The molecule has 0 bridgehead atoms. The van der Waals surface area contributed by atoms with Crippen molar-refractivity contribution >= 4 is 5.91 Å². The number of rotatable bonds is 4. The third-order valence-corrected chi connectivity index (χ3v) is 5.27. The SMILES string of the molecule is CN(Cc1ccccc1)C1COC2(C1)CN(C(=O)c1ccn(C)n1)C2. The van der Waals surface area contributed by atoms with E-state index in [0.29, 0.717) is 24.8 Å². The lowest BCUT2D eigenvalue weighted by Gasteiger charge is -2.47. The van der Waals surface area contributed by atoms with Crippen LogP contribution in [0, 0.1) is 0 Å². The first-order valence-corrected chi connectivity index (χ1v) is 8.72. The van der Waals surface area contributed by atoms with E-state index >= 15 is 0 Å². The predicted molar refractivity (Wildman–Crippen MR) is 94.1 cm³/mol. The van der Waals surface area contributed by atoms with E-state index < -0.39 is 0 Å². The van der Waals surface area contributed by atoms with Gasteiger partial charge in [-0.3, -0.25) is 14.4 Å². The Morgan fingerprint density at radius 2 is 2.08 bits per heavy atom. The Morgan fingerprint density at radius 1 is 1.32 bits per heavy atom. The van der Waals surface area contributed by atoms with Gasteiger partial charge in [0.25, 0.3) is 5.91 Å². The molecule has 6 heteroatoms. The Kier molecular flexibility index (Phi) is 4.09. The van der Waals surface area contributed by atoms with E-state index in [2.05, 4.69) is 41.3 Å². The number of benzene rings is 1. The maximum Gasteiger partial charge on any atom is 0.274 e. The van der Waals surface area contributed by atoms with Gasteiger partial charge in [-0.1, -0.05) is 30.3 Å². The van der Waals surface area contributed by atoms with Crippen LogP contribution >= 0.6 is 0 Å². The molecule has 25 heavy (non-hydrogen) atoms. The van der Waals surface area contributed by atoms with Gasteiger partial charge < -0.3 is 9.64 Å². The van der Waals surface area contributed by atoms with E-state index in [1.54, 1.807) is 16.9 Å². The summed E-state index contributed by atoms with van der Waals surface area (Å²) in [6, 6.07) is 12.6. The minimum Gasteiger partial charge on any atom is -0.370 e. The number of carbonyl (C=O) groups excluding carboxylic acids is 1. The fourth-order valence-corrected chi connectivity index (χ4v) is 3.81. The molecule has 132 valence electrons. The predicted octanol–water partition coefficient (Wildman–Crippen LogP) is 1.54. The van der Waals surface area contributed by atoms with E-state index in [9.17, 15) is 4.79 Å². The van der Waals surface area contributed by atoms with Crippen LogP contribution in [0.15, 0.2) is 42.6 Å². The number of ether oxygens (including phenoxy) is 1. The number of likely N-dealkylation sites (tertiary alicyclic amines) is 1. The van der Waals surface area contributed by atoms with Crippen LogP contribution in [0.4, 0.5) is 0 Å². The van der Waals surface area contributed by atoms with Gasteiger partial charge in [0.1, 0.15) is 11.3 Å². The van der Waals surface area contributed by atoms with E-state index in [0.717, 1.165) is 19.6 Å². The Hall–Kier alpha value is -2.18. The monoisotopic (exact) mass is 340 g/mol. The summed E-state index contributed by atoms with van der Waals surface area (Å²) in [6.45, 7) is 2.98. The summed E-state index contributed by atoms with van der Waals surface area (Å²) in [5.74, 6) is -0.00378. The number of aryl methyl sites for hydroxylation is 1. The highest BCUT2D eigenvalue weighted by Crippen LogP contribution is 2.37. The Bertz CT molecular complexity index is 752. The van der Waals surface area contributed by atoms with Gasteiger partial charge >= 0.3 is 0 Å². The van der Waals surface area contributed by atoms with Crippen molar-refractivity contribution in [3.8, 4) is 0 Å². The van der Waals surface area contributed by atoms with Crippen molar-refractivity contribution in [1.82, 2.24) is 19.6 Å². The summed E-state index contributed by atoms with van der Waals surface area (Å²) in [6.07, 6.45) is 2.77. The molecular weight excluding hydrogens is 316 g/mol. The van der Waals surface area contributed by atoms with E-state index in [-0.39, 0.29) is 11.5 Å². The van der Waals surface area contributed by atoms with Crippen LogP contribution in [0.1, 0.15) is 22.5 Å². The highest BCUT2D eigenvalue weighted by atomic mass is 16.5. The quantitative estimate of drug-likeness (QED) is 0.847. The van der Waals surface area contributed by atoms with Crippen molar-refractivity contribution in [3.63, 3.8) is 0 Å². The summed E-state index contributed by atoms with van der Waals surface area (Å²) < 4.78 is 7.76. The van der Waals surface area contributed by atoms with E-state index in [4.69, 9.17) is 4.74 Å². The highest BCUT2D eigenvalue weighted by Gasteiger charge is 2.52. The van der Waals surface area contributed by atoms with Gasteiger partial charge in [0.15, 0.2) is 0 Å². The lowest BCUT2D eigenvalue weighted by molar-refractivity contribution is -0.0952. The Labute approximate surface area is 148 Å².